The summed E-state index contributed by atoms with van der Waals surface area (Å²) < 4.78 is 0. The summed E-state index contributed by atoms with van der Waals surface area (Å²) in [6, 6.07) is 0. The average molecular weight is 129 g/mol. The van der Waals surface area contributed by atoms with Crippen molar-refractivity contribution in [1.82, 2.24) is 0 Å². The molecule has 0 aromatic carbocycles. The maximum atomic E-state index is 10.6. The molecule has 0 N–H and O–H groups in total. The van der Waals surface area contributed by atoms with E-state index < -0.39 is 0 Å². The Balaban J connectivity index is 3.28. The quantitative estimate of drug-likeness (QED) is 0.546. The molecule has 1 radical (unpaired) electrons. The Bertz CT molecular complexity index is 69.1. The van der Waals surface area contributed by atoms with Crippen molar-refractivity contribution in [2.24, 2.45) is 5.41 Å². The Hall–Kier alpha value is -0.0400. The Morgan fingerprint density at radius 2 is 1.78 bits per heavy atom. The predicted octanol–water partition coefficient (Wildman–Crippen LogP) is 2.63. The summed E-state index contributed by atoms with van der Waals surface area (Å²) in [4.78, 5) is 0. The molecule has 1 nitrogen and oxygen atoms in total. The molecule has 0 aromatic heterocycles. The fraction of sp³-hybridized carbons (Fsp3) is 1.00. The number of rotatable bonds is 2. The lowest BCUT2D eigenvalue weighted by Gasteiger charge is -2.17. The molecule has 0 bridgehead atoms. The third-order valence-corrected chi connectivity index (χ3v) is 1.30. The molecule has 0 amide bonds. The Labute approximate surface area is 58.1 Å². The van der Waals surface area contributed by atoms with Gasteiger partial charge in [0.15, 0.2) is 0 Å². The lowest BCUT2D eigenvalue weighted by atomic mass is 9.89. The van der Waals surface area contributed by atoms with E-state index in [-0.39, 0.29) is 6.10 Å². The second-order valence-corrected chi connectivity index (χ2v) is 3.91. The van der Waals surface area contributed by atoms with Gasteiger partial charge in [0.25, 0.3) is 0 Å². The molecule has 55 valence electrons. The van der Waals surface area contributed by atoms with Crippen molar-refractivity contribution < 1.29 is 5.11 Å². The van der Waals surface area contributed by atoms with Gasteiger partial charge in [-0.1, -0.05) is 20.8 Å². The fourth-order valence-electron chi connectivity index (χ4n) is 0.636. The maximum Gasteiger partial charge on any atom is 0.0902 e. The van der Waals surface area contributed by atoms with Gasteiger partial charge in [-0.05, 0) is 25.2 Å². The minimum Gasteiger partial charge on any atom is -0.233 e. The van der Waals surface area contributed by atoms with Crippen LogP contribution in [0.1, 0.15) is 40.5 Å². The van der Waals surface area contributed by atoms with Crippen molar-refractivity contribution in [3.63, 3.8) is 0 Å². The van der Waals surface area contributed by atoms with Crippen molar-refractivity contribution in [3.8, 4) is 0 Å². The highest BCUT2D eigenvalue weighted by Gasteiger charge is 2.11. The molecule has 9 heavy (non-hydrogen) atoms. The van der Waals surface area contributed by atoms with Gasteiger partial charge in [-0.3, -0.25) is 0 Å². The van der Waals surface area contributed by atoms with Gasteiger partial charge >= 0.3 is 0 Å². The number of hydrogen-bond acceptors (Lipinski definition) is 0. The summed E-state index contributed by atoms with van der Waals surface area (Å²) in [6.07, 6.45) is 1.46. The van der Waals surface area contributed by atoms with Crippen molar-refractivity contribution in [1.29, 1.82) is 0 Å². The molecular weight excluding hydrogens is 112 g/mol. The van der Waals surface area contributed by atoms with Gasteiger partial charge in [0.2, 0.25) is 0 Å². The van der Waals surface area contributed by atoms with Crippen LogP contribution in [0.3, 0.4) is 0 Å². The molecule has 0 aliphatic carbocycles. The van der Waals surface area contributed by atoms with Crippen LogP contribution in [0, 0.1) is 5.41 Å². The van der Waals surface area contributed by atoms with Crippen LogP contribution in [0.2, 0.25) is 0 Å². The summed E-state index contributed by atoms with van der Waals surface area (Å²) in [7, 11) is 0. The summed E-state index contributed by atoms with van der Waals surface area (Å²) in [5.74, 6) is 0. The minimum absolute atomic E-state index is 0.332. The smallest absolute Gasteiger partial charge is 0.0902 e. The van der Waals surface area contributed by atoms with Gasteiger partial charge in [0, 0.05) is 0 Å². The largest absolute Gasteiger partial charge is 0.233 e. The highest BCUT2D eigenvalue weighted by atomic mass is 16.3. The lowest BCUT2D eigenvalue weighted by molar-refractivity contribution is 0.0859. The first-order valence-electron chi connectivity index (χ1n) is 3.57. The van der Waals surface area contributed by atoms with Crippen molar-refractivity contribution in [3.05, 3.63) is 0 Å². The Morgan fingerprint density at radius 3 is 1.89 bits per heavy atom. The van der Waals surface area contributed by atoms with Crippen LogP contribution in [0.15, 0.2) is 0 Å². The second-order valence-electron chi connectivity index (χ2n) is 3.91. The molecule has 0 aliphatic rings. The molecule has 0 heterocycles. The van der Waals surface area contributed by atoms with Gasteiger partial charge < -0.3 is 0 Å². The molecule has 0 fully saturated rings. The van der Waals surface area contributed by atoms with Gasteiger partial charge in [0.1, 0.15) is 0 Å². The van der Waals surface area contributed by atoms with Gasteiger partial charge in [-0.25, -0.2) is 5.11 Å². The van der Waals surface area contributed by atoms with Crippen LogP contribution < -0.4 is 0 Å². The van der Waals surface area contributed by atoms with E-state index >= 15 is 0 Å². The summed E-state index contributed by atoms with van der Waals surface area (Å²) in [5.41, 5.74) is 0.332. The zero-order valence-electron chi connectivity index (χ0n) is 6.90. The van der Waals surface area contributed by atoms with Gasteiger partial charge in [-0.2, -0.15) is 0 Å². The summed E-state index contributed by atoms with van der Waals surface area (Å²) >= 11 is 0. The van der Waals surface area contributed by atoms with Crippen LogP contribution in [-0.4, -0.2) is 6.10 Å². The molecule has 0 saturated carbocycles. The molecule has 0 saturated heterocycles. The van der Waals surface area contributed by atoms with E-state index in [2.05, 4.69) is 20.8 Å². The first-order chi connectivity index (χ1) is 3.92. The standard InChI is InChI=1S/C8H17O/c1-7(9)5-6-8(2,3)4/h7H,5-6H2,1-4H3. The van der Waals surface area contributed by atoms with Crippen LogP contribution in [-0.2, 0) is 5.11 Å². The zero-order chi connectivity index (χ0) is 7.49. The van der Waals surface area contributed by atoms with Crippen LogP contribution in [0.25, 0.3) is 0 Å². The molecule has 0 aliphatic heterocycles. The predicted molar refractivity (Wildman–Crippen MR) is 38.8 cm³/mol. The lowest BCUT2D eigenvalue weighted by Crippen LogP contribution is -2.08. The Morgan fingerprint density at radius 1 is 1.33 bits per heavy atom. The van der Waals surface area contributed by atoms with E-state index in [1.54, 1.807) is 6.92 Å². The van der Waals surface area contributed by atoms with Gasteiger partial charge in [-0.15, -0.1) is 0 Å². The third-order valence-electron chi connectivity index (χ3n) is 1.30. The molecule has 1 unspecified atom stereocenters. The summed E-state index contributed by atoms with van der Waals surface area (Å²) in [5, 5.41) is 10.6. The Kier molecular flexibility index (Phi) is 3.20. The van der Waals surface area contributed by atoms with E-state index in [0.29, 0.717) is 5.41 Å². The van der Waals surface area contributed by atoms with E-state index in [0.717, 1.165) is 12.8 Å². The normalized spacial score (nSPS) is 15.7. The van der Waals surface area contributed by atoms with Gasteiger partial charge in [0.05, 0.1) is 6.10 Å². The first-order valence-corrected chi connectivity index (χ1v) is 3.57. The molecule has 0 spiro atoms. The monoisotopic (exact) mass is 129 g/mol. The van der Waals surface area contributed by atoms with E-state index in [9.17, 15) is 5.11 Å². The van der Waals surface area contributed by atoms with Crippen LogP contribution >= 0.6 is 0 Å². The molecular formula is C8H17O. The van der Waals surface area contributed by atoms with E-state index in [1.165, 1.54) is 0 Å². The molecule has 0 rings (SSSR count). The third kappa shape index (κ3) is 7.96. The van der Waals surface area contributed by atoms with Crippen LogP contribution in [0.5, 0.6) is 0 Å². The highest BCUT2D eigenvalue weighted by molar-refractivity contribution is 4.62. The zero-order valence-corrected chi connectivity index (χ0v) is 6.90. The topological polar surface area (TPSA) is 19.9 Å². The minimum atomic E-state index is -0.385. The first kappa shape index (κ1) is 8.96. The molecule has 0 aromatic rings. The molecule has 1 heteroatoms. The van der Waals surface area contributed by atoms with Crippen molar-refractivity contribution >= 4 is 0 Å². The van der Waals surface area contributed by atoms with Crippen molar-refractivity contribution in [2.75, 3.05) is 0 Å². The fourth-order valence-corrected chi connectivity index (χ4v) is 0.636. The molecule has 1 atom stereocenters. The average Bonchev–Trinajstić information content (AvgIpc) is 1.59. The van der Waals surface area contributed by atoms with E-state index in [1.807, 2.05) is 0 Å². The highest BCUT2D eigenvalue weighted by Crippen LogP contribution is 2.21. The summed E-state index contributed by atoms with van der Waals surface area (Å²) in [6.45, 7) is 8.21. The van der Waals surface area contributed by atoms with E-state index in [4.69, 9.17) is 0 Å². The maximum absolute atomic E-state index is 10.6. The van der Waals surface area contributed by atoms with Crippen molar-refractivity contribution in [2.45, 2.75) is 46.6 Å². The SMILES string of the molecule is CC([O])CCC(C)(C)C. The second kappa shape index (κ2) is 3.21. The van der Waals surface area contributed by atoms with Crippen LogP contribution in [0.4, 0.5) is 0 Å². The number of hydrogen-bond donors (Lipinski definition) is 0.